The van der Waals surface area contributed by atoms with Gasteiger partial charge in [-0.15, -0.1) is 0 Å². The van der Waals surface area contributed by atoms with E-state index in [4.69, 9.17) is 56.4 Å². The van der Waals surface area contributed by atoms with Crippen molar-refractivity contribution in [2.45, 2.75) is 13.8 Å². The van der Waals surface area contributed by atoms with E-state index in [1.807, 2.05) is 38.8 Å². The maximum Gasteiger partial charge on any atom is 0.223 e. The van der Waals surface area contributed by atoms with Gasteiger partial charge in [0.1, 0.15) is 34.7 Å². The minimum Gasteiger partial charge on any atom is -0.395 e. The van der Waals surface area contributed by atoms with Crippen molar-refractivity contribution in [2.24, 2.45) is 0 Å². The lowest BCUT2D eigenvalue weighted by Gasteiger charge is -2.07. The molecule has 0 amide bonds. The molecule has 4 aromatic heterocycles. The zero-order valence-electron chi connectivity index (χ0n) is 22.6. The molecule has 42 heavy (non-hydrogen) atoms. The number of benzene rings is 2. The van der Waals surface area contributed by atoms with Gasteiger partial charge in [0, 0.05) is 22.2 Å². The summed E-state index contributed by atoms with van der Waals surface area (Å²) in [6.45, 7) is 3.89. The lowest BCUT2D eigenvalue weighted by atomic mass is 10.1. The third-order valence-corrected chi connectivity index (χ3v) is 8.95. The lowest BCUT2D eigenvalue weighted by molar-refractivity contribution is 1.07. The Balaban J connectivity index is 1.72. The summed E-state index contributed by atoms with van der Waals surface area (Å²) in [6.07, 6.45) is 3.10. The summed E-state index contributed by atoms with van der Waals surface area (Å²) >= 11 is 24.8. The molecule has 0 bridgehead atoms. The Bertz CT molecular complexity index is 2220. The highest BCUT2D eigenvalue weighted by Crippen LogP contribution is 2.28. The molecule has 0 aliphatic heterocycles. The van der Waals surface area contributed by atoms with Crippen LogP contribution in [0.25, 0.3) is 44.0 Å². The first-order valence-electron chi connectivity index (χ1n) is 12.5. The van der Waals surface area contributed by atoms with Gasteiger partial charge >= 0.3 is 0 Å². The van der Waals surface area contributed by atoms with Crippen LogP contribution in [-0.4, -0.2) is 44.9 Å². The average Bonchev–Trinajstić information content (AvgIpc) is 3.36. The van der Waals surface area contributed by atoms with Crippen LogP contribution in [-0.2, 0) is 0 Å². The molecule has 0 N–H and O–H groups in total. The summed E-state index contributed by atoms with van der Waals surface area (Å²) in [5.41, 5.74) is 5.27. The number of aryl methyl sites for hydroxylation is 2. The van der Waals surface area contributed by atoms with E-state index in [9.17, 15) is 10.5 Å². The predicted octanol–water partition coefficient (Wildman–Crippen LogP) is 3.80. The summed E-state index contributed by atoms with van der Waals surface area (Å²) in [6, 6.07) is 11.2. The molecule has 6 aromatic rings. The second-order valence-electron chi connectivity index (χ2n) is 9.73. The van der Waals surface area contributed by atoms with E-state index in [0.717, 1.165) is 22.2 Å². The molecule has 6 rings (SSSR count). The molecule has 0 radical (unpaired) electrons. The minimum absolute atomic E-state index is 0.326. The molecule has 0 aliphatic carbocycles. The van der Waals surface area contributed by atoms with E-state index in [1.54, 1.807) is 36.7 Å². The Hall–Kier alpha value is -4.05. The predicted molar refractivity (Wildman–Crippen MR) is 172 cm³/mol. The molecule has 0 aliphatic rings. The molecule has 0 atom stereocenters. The van der Waals surface area contributed by atoms with E-state index < -0.39 is 0 Å². The third kappa shape index (κ3) is 4.22. The van der Waals surface area contributed by atoms with Crippen molar-refractivity contribution >= 4 is 106 Å². The number of aromatic nitrogens is 6. The molecular formula is C28H16B2Cl4N8. The fourth-order valence-electron chi connectivity index (χ4n) is 5.25. The minimum atomic E-state index is 0.326. The summed E-state index contributed by atoms with van der Waals surface area (Å²) in [5, 5.41) is 25.2. The number of rotatable bonds is 2. The number of hydrogen-bond acceptors (Lipinski definition) is 6. The Morgan fingerprint density at radius 2 is 0.976 bits per heavy atom. The van der Waals surface area contributed by atoms with E-state index in [2.05, 4.69) is 22.1 Å². The molecule has 0 spiro atoms. The zero-order chi connectivity index (χ0) is 30.0. The van der Waals surface area contributed by atoms with E-state index >= 15 is 0 Å². The van der Waals surface area contributed by atoms with Crippen molar-refractivity contribution in [1.29, 1.82) is 10.5 Å². The molecule has 0 saturated heterocycles. The second kappa shape index (κ2) is 10.3. The van der Waals surface area contributed by atoms with Gasteiger partial charge in [-0.3, -0.25) is 9.97 Å². The first-order valence-corrected chi connectivity index (χ1v) is 14.0. The number of nitrogens with zero attached hydrogens (tertiary/aromatic N) is 8. The van der Waals surface area contributed by atoms with Crippen molar-refractivity contribution in [3.05, 3.63) is 90.2 Å². The van der Waals surface area contributed by atoms with Gasteiger partial charge in [0.25, 0.3) is 0 Å². The van der Waals surface area contributed by atoms with Crippen molar-refractivity contribution < 1.29 is 0 Å². The Kier molecular flexibility index (Phi) is 6.92. The Labute approximate surface area is 260 Å². The van der Waals surface area contributed by atoms with Crippen molar-refractivity contribution in [3.8, 4) is 12.1 Å². The molecule has 14 heteroatoms. The molecule has 202 valence electrons. The Morgan fingerprint density at radius 3 is 1.31 bits per heavy atom. The van der Waals surface area contributed by atoms with Crippen molar-refractivity contribution in [2.75, 3.05) is 0 Å². The van der Waals surface area contributed by atoms with Crippen LogP contribution in [0, 0.1) is 36.5 Å². The second-order valence-corrected chi connectivity index (χ2v) is 11.4. The van der Waals surface area contributed by atoms with Crippen LogP contribution in [0.3, 0.4) is 0 Å². The van der Waals surface area contributed by atoms with Gasteiger partial charge in [0.15, 0.2) is 0 Å². The number of fused-ring (bicyclic) bond motifs is 3. The number of nitriles is 2. The summed E-state index contributed by atoms with van der Waals surface area (Å²) in [7, 11) is 3.76. The molecule has 0 fully saturated rings. The SMILES string of the molecule is Bn1c(C)c2/c(=C(\C#N)c3cnc4cc(Cl)c(Cl)cc4n3)n(B)c(C)c2/c1=C(\C#N)c1cnc2cc(Cl)c(Cl)cc2n1. The van der Waals surface area contributed by atoms with Crippen molar-refractivity contribution in [3.63, 3.8) is 0 Å². The smallest absolute Gasteiger partial charge is 0.223 e. The summed E-state index contributed by atoms with van der Waals surface area (Å²) in [5.74, 6) is 0. The lowest BCUT2D eigenvalue weighted by Crippen LogP contribution is -2.24. The number of halogens is 4. The zero-order valence-corrected chi connectivity index (χ0v) is 25.6. The maximum atomic E-state index is 10.4. The monoisotopic (exact) mass is 626 g/mol. The van der Waals surface area contributed by atoms with E-state index in [0.29, 0.717) is 75.4 Å². The molecular weight excluding hydrogens is 612 g/mol. The van der Waals surface area contributed by atoms with Gasteiger partial charge in [0.2, 0.25) is 16.0 Å². The standard InChI is InChI=1S/C28H16B2Cl4N8/c1-11-25-26(28(41(11)29)14(8-36)24-10-38-20-4-16(32)18(34)6-22(20)40-24)12(2)42(30)27(25)13(7-35)23-9-37-19-3-15(31)17(33)5-21(19)39-23/h3-6,9-10H,29-30H2,1-2H3/b27-13-,28-14-. The average molecular weight is 628 g/mol. The van der Waals surface area contributed by atoms with Gasteiger partial charge in [0.05, 0.1) is 65.2 Å². The largest absolute Gasteiger partial charge is 0.395 e. The first-order chi connectivity index (χ1) is 20.0. The van der Waals surface area contributed by atoms with Crippen LogP contribution in [0.4, 0.5) is 0 Å². The molecule has 8 nitrogen and oxygen atoms in total. The molecule has 2 aromatic carbocycles. The van der Waals surface area contributed by atoms with Gasteiger partial charge in [-0.05, 0) is 38.1 Å². The summed E-state index contributed by atoms with van der Waals surface area (Å²) in [4.78, 5) is 18.4. The topological polar surface area (TPSA) is 109 Å². The highest BCUT2D eigenvalue weighted by atomic mass is 35.5. The summed E-state index contributed by atoms with van der Waals surface area (Å²) < 4.78 is 3.87. The highest BCUT2D eigenvalue weighted by molar-refractivity contribution is 6.43. The van der Waals surface area contributed by atoms with Gasteiger partial charge < -0.3 is 8.96 Å². The van der Waals surface area contributed by atoms with Gasteiger partial charge in [-0.2, -0.15) is 10.5 Å². The van der Waals surface area contributed by atoms with Gasteiger partial charge in [-0.1, -0.05) is 46.4 Å². The fraction of sp³-hybridized carbons (Fsp3) is 0.0714. The normalized spacial score (nSPS) is 13.0. The Morgan fingerprint density at radius 1 is 0.643 bits per heavy atom. The fourth-order valence-corrected chi connectivity index (χ4v) is 5.88. The maximum absolute atomic E-state index is 10.4. The van der Waals surface area contributed by atoms with Crippen LogP contribution in [0.5, 0.6) is 0 Å². The van der Waals surface area contributed by atoms with Crippen LogP contribution in [0.15, 0.2) is 36.7 Å². The molecule has 0 unspecified atom stereocenters. The molecule has 0 saturated carbocycles. The van der Waals surface area contributed by atoms with E-state index in [-0.39, 0.29) is 0 Å². The van der Waals surface area contributed by atoms with Crippen LogP contribution in [0.2, 0.25) is 20.1 Å². The highest BCUT2D eigenvalue weighted by Gasteiger charge is 2.22. The first kappa shape index (κ1) is 28.1. The van der Waals surface area contributed by atoms with Crippen LogP contribution >= 0.6 is 46.4 Å². The third-order valence-electron chi connectivity index (χ3n) is 7.50. The van der Waals surface area contributed by atoms with Crippen LogP contribution < -0.4 is 10.7 Å². The van der Waals surface area contributed by atoms with Crippen molar-refractivity contribution in [1.82, 2.24) is 28.9 Å². The van der Waals surface area contributed by atoms with Gasteiger partial charge in [-0.25, -0.2) is 9.97 Å². The quantitative estimate of drug-likeness (QED) is 0.270. The van der Waals surface area contributed by atoms with E-state index in [1.165, 1.54) is 0 Å². The van der Waals surface area contributed by atoms with Crippen LogP contribution in [0.1, 0.15) is 22.8 Å². The molecule has 4 heterocycles. The number of hydrogen-bond donors (Lipinski definition) is 0.